The van der Waals surface area contributed by atoms with Crippen LogP contribution in [0.2, 0.25) is 0 Å². The summed E-state index contributed by atoms with van der Waals surface area (Å²) in [7, 11) is 3.41. The smallest absolute Gasteiger partial charge is 0.251 e. The second kappa shape index (κ2) is 7.37. The summed E-state index contributed by atoms with van der Waals surface area (Å²) in [6.07, 6.45) is 3.17. The van der Waals surface area contributed by atoms with Crippen LogP contribution in [0.25, 0.3) is 11.3 Å². The minimum atomic E-state index is -0.827. The molecule has 28 heavy (non-hydrogen) atoms. The van der Waals surface area contributed by atoms with Crippen LogP contribution < -0.4 is 10.2 Å². The molecule has 6 nitrogen and oxygen atoms in total. The lowest BCUT2D eigenvalue weighted by Gasteiger charge is -2.38. The number of aromatic hydroxyl groups is 1. The maximum atomic E-state index is 14.8. The lowest BCUT2D eigenvalue weighted by Crippen LogP contribution is -2.46. The third-order valence-corrected chi connectivity index (χ3v) is 6.25. The number of anilines is 1. The lowest BCUT2D eigenvalue weighted by molar-refractivity contribution is 0.0962. The van der Waals surface area contributed by atoms with Crippen LogP contribution in [0.1, 0.15) is 36.0 Å². The van der Waals surface area contributed by atoms with E-state index in [4.69, 9.17) is 0 Å². The molecule has 7 heteroatoms. The predicted molar refractivity (Wildman–Crippen MR) is 105 cm³/mol. The topological polar surface area (TPSA) is 78.4 Å². The Morgan fingerprint density at radius 1 is 1.21 bits per heavy atom. The van der Waals surface area contributed by atoms with Gasteiger partial charge in [0.25, 0.3) is 5.91 Å². The predicted octanol–water partition coefficient (Wildman–Crippen LogP) is 3.17. The van der Waals surface area contributed by atoms with Gasteiger partial charge in [0.1, 0.15) is 11.9 Å². The molecule has 2 bridgehead atoms. The fraction of sp³-hybridized carbons (Fsp3) is 0.476. The largest absolute Gasteiger partial charge is 0.507 e. The standard InChI is InChI=1S/C21H25FN4O2/c1-23-21(28)14-5-6-15(18(27)11-14)16-7-8-19(25-24-16)26(2)17-10-12-3-4-13(9-12)20(17)22/h5-8,11-13,17,20,27H,3-4,9-10H2,1-2H3,(H,23,28)/t12-,13+,17+,20-/m1/s1. The van der Waals surface area contributed by atoms with E-state index < -0.39 is 6.17 Å². The third-order valence-electron chi connectivity index (χ3n) is 6.25. The number of nitrogens with zero attached hydrogens (tertiary/aromatic N) is 3. The maximum absolute atomic E-state index is 14.8. The molecular weight excluding hydrogens is 359 g/mol. The molecule has 2 fully saturated rings. The molecule has 0 aliphatic heterocycles. The summed E-state index contributed by atoms with van der Waals surface area (Å²) in [4.78, 5) is 13.6. The zero-order valence-corrected chi connectivity index (χ0v) is 16.1. The van der Waals surface area contributed by atoms with E-state index in [-0.39, 0.29) is 23.6 Å². The zero-order chi connectivity index (χ0) is 19.8. The van der Waals surface area contributed by atoms with Gasteiger partial charge in [0.05, 0.1) is 11.7 Å². The summed E-state index contributed by atoms with van der Waals surface area (Å²) in [6.45, 7) is 0. The second-order valence-corrected chi connectivity index (χ2v) is 7.89. The highest BCUT2D eigenvalue weighted by Crippen LogP contribution is 2.45. The molecule has 0 spiro atoms. The molecule has 0 radical (unpaired) electrons. The number of hydrogen-bond donors (Lipinski definition) is 2. The van der Waals surface area contributed by atoms with E-state index in [1.165, 1.54) is 13.1 Å². The Labute approximate surface area is 163 Å². The zero-order valence-electron chi connectivity index (χ0n) is 16.1. The van der Waals surface area contributed by atoms with Gasteiger partial charge < -0.3 is 15.3 Å². The number of halogens is 1. The quantitative estimate of drug-likeness (QED) is 0.847. The number of benzene rings is 1. The average Bonchev–Trinajstić information content (AvgIpc) is 3.13. The Hall–Kier alpha value is -2.70. The molecule has 1 aromatic carbocycles. The van der Waals surface area contributed by atoms with Crippen molar-refractivity contribution >= 4 is 11.7 Å². The van der Waals surface area contributed by atoms with Crippen LogP contribution in [0, 0.1) is 11.8 Å². The Morgan fingerprint density at radius 2 is 2.04 bits per heavy atom. The van der Waals surface area contributed by atoms with Gasteiger partial charge in [0, 0.05) is 25.2 Å². The van der Waals surface area contributed by atoms with Crippen LogP contribution in [0.4, 0.5) is 10.2 Å². The van der Waals surface area contributed by atoms with Crippen molar-refractivity contribution in [2.75, 3.05) is 19.0 Å². The lowest BCUT2D eigenvalue weighted by atomic mass is 9.83. The van der Waals surface area contributed by atoms with Crippen molar-refractivity contribution in [3.05, 3.63) is 35.9 Å². The molecule has 1 aromatic heterocycles. The number of alkyl halides is 1. The molecule has 2 aromatic rings. The van der Waals surface area contributed by atoms with Gasteiger partial charge in [-0.15, -0.1) is 10.2 Å². The SMILES string of the molecule is CNC(=O)c1ccc(-c2ccc(N(C)[C@H]3C[C@@H]4CC[C@@H](C4)[C@H]3F)nn2)c(O)c1. The van der Waals surface area contributed by atoms with Gasteiger partial charge in [-0.1, -0.05) is 0 Å². The highest BCUT2D eigenvalue weighted by molar-refractivity contribution is 5.95. The van der Waals surface area contributed by atoms with E-state index in [1.807, 2.05) is 11.9 Å². The number of carbonyl (C=O) groups excluding carboxylic acids is 1. The number of hydrogen-bond acceptors (Lipinski definition) is 5. The van der Waals surface area contributed by atoms with Crippen LogP contribution in [0.3, 0.4) is 0 Å². The van der Waals surface area contributed by atoms with Crippen molar-refractivity contribution in [3.63, 3.8) is 0 Å². The number of phenolic OH excluding ortho intramolecular Hbond substituents is 1. The van der Waals surface area contributed by atoms with Crippen LogP contribution in [-0.2, 0) is 0 Å². The van der Waals surface area contributed by atoms with E-state index in [2.05, 4.69) is 15.5 Å². The molecule has 2 aliphatic rings. The number of nitrogens with one attached hydrogen (secondary N) is 1. The molecule has 0 saturated heterocycles. The van der Waals surface area contributed by atoms with Gasteiger partial charge in [0.15, 0.2) is 5.82 Å². The average molecular weight is 384 g/mol. The first-order valence-corrected chi connectivity index (χ1v) is 9.74. The molecule has 2 N–H and O–H groups in total. The minimum absolute atomic E-state index is 0.0378. The summed E-state index contributed by atoms with van der Waals surface area (Å²) in [6, 6.07) is 8.08. The van der Waals surface area contributed by atoms with E-state index in [0.29, 0.717) is 28.6 Å². The van der Waals surface area contributed by atoms with Crippen molar-refractivity contribution in [1.29, 1.82) is 0 Å². The highest BCUT2D eigenvalue weighted by Gasteiger charge is 2.44. The normalized spacial score (nSPS) is 26.1. The summed E-state index contributed by atoms with van der Waals surface area (Å²) < 4.78 is 14.8. The van der Waals surface area contributed by atoms with Gasteiger partial charge in [-0.3, -0.25) is 4.79 Å². The van der Waals surface area contributed by atoms with Crippen LogP contribution in [0.5, 0.6) is 5.75 Å². The number of fused-ring (bicyclic) bond motifs is 2. The molecule has 4 atom stereocenters. The number of carbonyl (C=O) groups is 1. The first-order valence-electron chi connectivity index (χ1n) is 9.74. The molecular formula is C21H25FN4O2. The highest BCUT2D eigenvalue weighted by atomic mass is 19.1. The third kappa shape index (κ3) is 3.30. The van der Waals surface area contributed by atoms with Crippen molar-refractivity contribution in [3.8, 4) is 17.0 Å². The summed E-state index contributed by atoms with van der Waals surface area (Å²) in [5.41, 5.74) is 1.36. The summed E-state index contributed by atoms with van der Waals surface area (Å²) in [5, 5.41) is 21.3. The fourth-order valence-corrected chi connectivity index (χ4v) is 4.64. The van der Waals surface area contributed by atoms with E-state index in [9.17, 15) is 14.3 Å². The van der Waals surface area contributed by atoms with E-state index in [0.717, 1.165) is 25.7 Å². The molecule has 1 heterocycles. The van der Waals surface area contributed by atoms with Gasteiger partial charge in [-0.25, -0.2) is 4.39 Å². The first kappa shape index (κ1) is 18.7. The van der Waals surface area contributed by atoms with Crippen molar-refractivity contribution < 1.29 is 14.3 Å². The summed E-state index contributed by atoms with van der Waals surface area (Å²) in [5.74, 6) is 1.11. The van der Waals surface area contributed by atoms with E-state index in [1.54, 1.807) is 24.3 Å². The van der Waals surface area contributed by atoms with Crippen molar-refractivity contribution in [2.45, 2.75) is 37.9 Å². The fourth-order valence-electron chi connectivity index (χ4n) is 4.64. The molecule has 1 amide bonds. The Morgan fingerprint density at radius 3 is 2.71 bits per heavy atom. The molecule has 0 unspecified atom stereocenters. The Bertz CT molecular complexity index is 873. The number of aromatic nitrogens is 2. The number of rotatable bonds is 4. The number of amides is 1. The van der Waals surface area contributed by atoms with E-state index >= 15 is 0 Å². The van der Waals surface area contributed by atoms with Crippen LogP contribution in [0.15, 0.2) is 30.3 Å². The minimum Gasteiger partial charge on any atom is -0.507 e. The second-order valence-electron chi connectivity index (χ2n) is 7.89. The Balaban J connectivity index is 1.53. The van der Waals surface area contributed by atoms with Gasteiger partial charge >= 0.3 is 0 Å². The van der Waals surface area contributed by atoms with Gasteiger partial charge in [-0.05, 0) is 67.9 Å². The molecule has 2 aliphatic carbocycles. The molecule has 4 rings (SSSR count). The molecule has 148 valence electrons. The van der Waals surface area contributed by atoms with Crippen LogP contribution >= 0.6 is 0 Å². The van der Waals surface area contributed by atoms with Gasteiger partial charge in [0.2, 0.25) is 0 Å². The van der Waals surface area contributed by atoms with Crippen molar-refractivity contribution in [1.82, 2.24) is 15.5 Å². The number of phenols is 1. The Kier molecular flexibility index (Phi) is 4.91. The van der Waals surface area contributed by atoms with Crippen molar-refractivity contribution in [2.24, 2.45) is 11.8 Å². The molecule has 2 saturated carbocycles. The van der Waals surface area contributed by atoms with Gasteiger partial charge in [-0.2, -0.15) is 0 Å². The first-order chi connectivity index (χ1) is 13.5. The monoisotopic (exact) mass is 384 g/mol. The van der Waals surface area contributed by atoms with Crippen LogP contribution in [-0.4, -0.2) is 47.5 Å². The maximum Gasteiger partial charge on any atom is 0.251 e. The summed E-state index contributed by atoms with van der Waals surface area (Å²) >= 11 is 0.